The molecule has 0 saturated heterocycles. The molecule has 0 aliphatic heterocycles. The van der Waals surface area contributed by atoms with Gasteiger partial charge in [-0.3, -0.25) is 4.79 Å². The van der Waals surface area contributed by atoms with Crippen molar-refractivity contribution in [2.75, 3.05) is 6.54 Å². The molecule has 1 rings (SSSR count). The Bertz CT molecular complexity index is 444. The minimum Gasteiger partial charge on any atom is -0.491 e. The Morgan fingerprint density at radius 3 is 2.19 bits per heavy atom. The lowest BCUT2D eigenvalue weighted by atomic mass is 9.92. The van der Waals surface area contributed by atoms with Crippen molar-refractivity contribution in [1.29, 1.82) is 0 Å². The van der Waals surface area contributed by atoms with E-state index >= 15 is 0 Å². The number of ether oxygens (including phenoxy) is 1. The zero-order valence-electron chi connectivity index (χ0n) is 13.5. The molecule has 0 fully saturated rings. The Morgan fingerprint density at radius 1 is 1.24 bits per heavy atom. The maximum atomic E-state index is 12.1. The number of halogens is 1. The lowest BCUT2D eigenvalue weighted by Crippen LogP contribution is -2.42. The van der Waals surface area contributed by atoms with Crippen LogP contribution in [0.5, 0.6) is 5.75 Å². The third-order valence-corrected chi connectivity index (χ3v) is 3.22. The predicted molar refractivity (Wildman–Crippen MR) is 88.8 cm³/mol. The number of benzene rings is 1. The van der Waals surface area contributed by atoms with Gasteiger partial charge in [0.1, 0.15) is 5.75 Å². The molecule has 0 aliphatic rings. The van der Waals surface area contributed by atoms with Crippen LogP contribution in [0.1, 0.15) is 46.2 Å². The highest BCUT2D eigenvalue weighted by Crippen LogP contribution is 2.20. The lowest BCUT2D eigenvalue weighted by Gasteiger charge is -2.24. The molecule has 4 nitrogen and oxygen atoms in total. The largest absolute Gasteiger partial charge is 0.491 e. The Morgan fingerprint density at radius 2 is 1.76 bits per heavy atom. The van der Waals surface area contributed by atoms with E-state index < -0.39 is 5.41 Å². The summed E-state index contributed by atoms with van der Waals surface area (Å²) in [5, 5.41) is 2.99. The number of amides is 1. The summed E-state index contributed by atoms with van der Waals surface area (Å²) in [6.07, 6.45) is 0.156. The minimum absolute atomic E-state index is 0. The summed E-state index contributed by atoms with van der Waals surface area (Å²) in [6.45, 7) is 9.95. The fraction of sp³-hybridized carbons (Fsp3) is 0.562. The van der Waals surface area contributed by atoms with Gasteiger partial charge in [-0.05, 0) is 52.3 Å². The molecule has 1 atom stereocenters. The van der Waals surface area contributed by atoms with E-state index in [0.29, 0.717) is 6.54 Å². The van der Waals surface area contributed by atoms with Crippen LogP contribution in [0.2, 0.25) is 0 Å². The quantitative estimate of drug-likeness (QED) is 0.848. The van der Waals surface area contributed by atoms with E-state index in [9.17, 15) is 4.79 Å². The molecule has 0 aromatic heterocycles. The van der Waals surface area contributed by atoms with E-state index in [0.717, 1.165) is 11.3 Å². The Hall–Kier alpha value is -1.26. The number of rotatable bonds is 6. The molecule has 1 amide bonds. The monoisotopic (exact) mass is 314 g/mol. The number of nitrogens with two attached hydrogens (primary N) is 1. The molecule has 21 heavy (non-hydrogen) atoms. The summed E-state index contributed by atoms with van der Waals surface area (Å²) < 4.78 is 5.60. The van der Waals surface area contributed by atoms with Crippen LogP contribution in [0, 0.1) is 5.41 Å². The predicted octanol–water partition coefficient (Wildman–Crippen LogP) is 3.06. The molecule has 120 valence electrons. The molecular formula is C16H27ClN2O2. The van der Waals surface area contributed by atoms with Crippen molar-refractivity contribution >= 4 is 18.3 Å². The van der Waals surface area contributed by atoms with Gasteiger partial charge in [-0.25, -0.2) is 0 Å². The number of carbonyl (C=O) groups excluding carboxylic acids is 1. The zero-order chi connectivity index (χ0) is 15.3. The fourth-order valence-corrected chi connectivity index (χ4v) is 1.68. The molecule has 1 aromatic rings. The number of nitrogens with one attached hydrogen (secondary N) is 1. The second-order valence-corrected chi connectivity index (χ2v) is 6.02. The van der Waals surface area contributed by atoms with Gasteiger partial charge in [-0.15, -0.1) is 12.4 Å². The van der Waals surface area contributed by atoms with E-state index in [1.165, 1.54) is 0 Å². The van der Waals surface area contributed by atoms with Gasteiger partial charge in [0.25, 0.3) is 0 Å². The summed E-state index contributed by atoms with van der Waals surface area (Å²) in [5.41, 5.74) is 6.11. The third-order valence-electron chi connectivity index (χ3n) is 3.22. The first-order valence-corrected chi connectivity index (χ1v) is 7.04. The first-order valence-electron chi connectivity index (χ1n) is 7.04. The van der Waals surface area contributed by atoms with Crippen molar-refractivity contribution in [2.45, 2.75) is 46.8 Å². The van der Waals surface area contributed by atoms with Crippen molar-refractivity contribution < 1.29 is 9.53 Å². The molecule has 0 heterocycles. The molecule has 3 N–H and O–H groups in total. The normalized spacial score (nSPS) is 12.5. The lowest BCUT2D eigenvalue weighted by molar-refractivity contribution is -0.129. The molecule has 1 unspecified atom stereocenters. The highest BCUT2D eigenvalue weighted by molar-refractivity contribution is 5.85. The highest BCUT2D eigenvalue weighted by atomic mass is 35.5. The van der Waals surface area contributed by atoms with Crippen molar-refractivity contribution in [1.82, 2.24) is 5.32 Å². The summed E-state index contributed by atoms with van der Waals surface area (Å²) in [4.78, 5) is 12.1. The first-order chi connectivity index (χ1) is 9.26. The number of hydrogen-bond acceptors (Lipinski definition) is 3. The Labute approximate surface area is 133 Å². The summed E-state index contributed by atoms with van der Waals surface area (Å²) >= 11 is 0. The van der Waals surface area contributed by atoms with E-state index in [2.05, 4.69) is 5.32 Å². The summed E-state index contributed by atoms with van der Waals surface area (Å²) in [6, 6.07) is 7.73. The summed E-state index contributed by atoms with van der Waals surface area (Å²) in [7, 11) is 0. The van der Waals surface area contributed by atoms with Gasteiger partial charge >= 0.3 is 0 Å². The van der Waals surface area contributed by atoms with E-state index in [4.69, 9.17) is 10.5 Å². The van der Waals surface area contributed by atoms with Gasteiger partial charge in [0.15, 0.2) is 0 Å². The van der Waals surface area contributed by atoms with E-state index in [-0.39, 0.29) is 30.5 Å². The van der Waals surface area contributed by atoms with Crippen molar-refractivity contribution in [3.05, 3.63) is 29.8 Å². The van der Waals surface area contributed by atoms with Crippen LogP contribution in [0.4, 0.5) is 0 Å². The SMILES string of the molecule is CC(C)Oc1ccc(C(C)NC(=O)C(C)(C)CN)cc1.Cl. The van der Waals surface area contributed by atoms with Crippen molar-refractivity contribution in [3.63, 3.8) is 0 Å². The van der Waals surface area contributed by atoms with Crippen LogP contribution in [0.3, 0.4) is 0 Å². The molecule has 0 radical (unpaired) electrons. The Balaban J connectivity index is 0.00000400. The minimum atomic E-state index is -0.547. The highest BCUT2D eigenvalue weighted by Gasteiger charge is 2.26. The van der Waals surface area contributed by atoms with Crippen molar-refractivity contribution in [3.8, 4) is 5.75 Å². The second-order valence-electron chi connectivity index (χ2n) is 6.02. The van der Waals surface area contributed by atoms with Gasteiger partial charge in [-0.2, -0.15) is 0 Å². The van der Waals surface area contributed by atoms with Gasteiger partial charge < -0.3 is 15.8 Å². The molecule has 0 saturated carbocycles. The standard InChI is InChI=1S/C16H26N2O2.ClH/c1-11(2)20-14-8-6-13(7-9-14)12(3)18-15(19)16(4,5)10-17;/h6-9,11-12H,10,17H2,1-5H3,(H,18,19);1H. The van der Waals surface area contributed by atoms with Gasteiger partial charge in [-0.1, -0.05) is 12.1 Å². The van der Waals surface area contributed by atoms with Crippen molar-refractivity contribution in [2.24, 2.45) is 11.1 Å². The van der Waals surface area contributed by atoms with Crippen LogP contribution in [-0.2, 0) is 4.79 Å². The van der Waals surface area contributed by atoms with Crippen LogP contribution in [-0.4, -0.2) is 18.6 Å². The fourth-order valence-electron chi connectivity index (χ4n) is 1.68. The maximum absolute atomic E-state index is 12.1. The average Bonchev–Trinajstić information content (AvgIpc) is 2.38. The van der Waals surface area contributed by atoms with Crippen LogP contribution >= 0.6 is 12.4 Å². The topological polar surface area (TPSA) is 64.3 Å². The van der Waals surface area contributed by atoms with Crippen LogP contribution in [0.15, 0.2) is 24.3 Å². The summed E-state index contributed by atoms with van der Waals surface area (Å²) in [5.74, 6) is 0.805. The molecule has 0 bridgehead atoms. The zero-order valence-corrected chi connectivity index (χ0v) is 14.3. The number of hydrogen-bond donors (Lipinski definition) is 2. The molecule has 0 aliphatic carbocycles. The van der Waals surface area contributed by atoms with Crippen LogP contribution in [0.25, 0.3) is 0 Å². The molecule has 1 aromatic carbocycles. The van der Waals surface area contributed by atoms with E-state index in [1.807, 2.05) is 58.9 Å². The Kier molecular flexibility index (Phi) is 7.75. The van der Waals surface area contributed by atoms with E-state index in [1.54, 1.807) is 0 Å². The third kappa shape index (κ3) is 5.94. The van der Waals surface area contributed by atoms with Crippen LogP contribution < -0.4 is 15.8 Å². The molecule has 5 heteroatoms. The average molecular weight is 315 g/mol. The second kappa shape index (κ2) is 8.25. The molecular weight excluding hydrogens is 288 g/mol. The smallest absolute Gasteiger partial charge is 0.227 e. The maximum Gasteiger partial charge on any atom is 0.227 e. The number of carbonyl (C=O) groups is 1. The first kappa shape index (κ1) is 19.7. The van der Waals surface area contributed by atoms with Gasteiger partial charge in [0.05, 0.1) is 17.6 Å². The molecule has 0 spiro atoms. The van der Waals surface area contributed by atoms with Gasteiger partial charge in [0.2, 0.25) is 5.91 Å². The van der Waals surface area contributed by atoms with Gasteiger partial charge in [0, 0.05) is 6.54 Å².